The molecule has 3 nitrogen and oxygen atoms in total. The highest BCUT2D eigenvalue weighted by molar-refractivity contribution is 6.31. The van der Waals surface area contributed by atoms with E-state index in [1.165, 1.54) is 10.9 Å². The SMILES string of the molecule is CCc1nn(C)c(Cn2ccc3ccccc32)c1Cl. The standard InChI is InChI=1S/C15H16ClN3/c1-3-12-15(16)14(18(2)17-12)10-19-9-8-11-6-4-5-7-13(11)19/h4-9H,3,10H2,1-2H3. The summed E-state index contributed by atoms with van der Waals surface area (Å²) < 4.78 is 4.09. The molecule has 2 heterocycles. The summed E-state index contributed by atoms with van der Waals surface area (Å²) in [4.78, 5) is 0. The molecule has 1 aromatic carbocycles. The van der Waals surface area contributed by atoms with Crippen molar-refractivity contribution in [2.24, 2.45) is 7.05 Å². The van der Waals surface area contributed by atoms with Gasteiger partial charge in [-0.05, 0) is 23.9 Å². The summed E-state index contributed by atoms with van der Waals surface area (Å²) in [6, 6.07) is 10.5. The molecule has 0 amide bonds. The predicted octanol–water partition coefficient (Wildman–Crippen LogP) is 3.64. The molecule has 0 aliphatic carbocycles. The molecular weight excluding hydrogens is 258 g/mol. The van der Waals surface area contributed by atoms with E-state index in [1.807, 2.05) is 11.7 Å². The second-order valence-electron chi connectivity index (χ2n) is 4.69. The number of aromatic nitrogens is 3. The number of hydrogen-bond donors (Lipinski definition) is 0. The minimum absolute atomic E-state index is 0.746. The van der Waals surface area contributed by atoms with Crippen molar-refractivity contribution in [1.29, 1.82) is 0 Å². The van der Waals surface area contributed by atoms with E-state index in [2.05, 4.69) is 53.1 Å². The van der Waals surface area contributed by atoms with Gasteiger partial charge in [0.15, 0.2) is 0 Å². The number of benzene rings is 1. The first kappa shape index (κ1) is 12.3. The van der Waals surface area contributed by atoms with Crippen molar-refractivity contribution in [2.75, 3.05) is 0 Å². The van der Waals surface area contributed by atoms with Crippen molar-refractivity contribution in [3.05, 3.63) is 52.9 Å². The number of nitrogens with zero attached hydrogens (tertiary/aromatic N) is 3. The normalized spacial score (nSPS) is 11.3. The first-order chi connectivity index (χ1) is 9.20. The Bertz CT molecular complexity index is 724. The third-order valence-electron chi connectivity index (χ3n) is 3.50. The molecule has 0 atom stereocenters. The number of aryl methyl sites for hydroxylation is 2. The molecule has 0 bridgehead atoms. The van der Waals surface area contributed by atoms with Crippen molar-refractivity contribution >= 4 is 22.5 Å². The fourth-order valence-corrected chi connectivity index (χ4v) is 2.78. The number of hydrogen-bond acceptors (Lipinski definition) is 1. The van der Waals surface area contributed by atoms with Crippen molar-refractivity contribution in [1.82, 2.24) is 14.3 Å². The third-order valence-corrected chi connectivity index (χ3v) is 3.94. The summed E-state index contributed by atoms with van der Waals surface area (Å²) >= 11 is 6.40. The fourth-order valence-electron chi connectivity index (χ4n) is 2.43. The van der Waals surface area contributed by atoms with Crippen LogP contribution in [-0.2, 0) is 20.0 Å². The number of para-hydroxylation sites is 1. The quantitative estimate of drug-likeness (QED) is 0.714. The molecular formula is C15H16ClN3. The zero-order valence-electron chi connectivity index (χ0n) is 11.1. The summed E-state index contributed by atoms with van der Waals surface area (Å²) in [5.74, 6) is 0. The van der Waals surface area contributed by atoms with E-state index < -0.39 is 0 Å². The van der Waals surface area contributed by atoms with E-state index in [0.29, 0.717) is 0 Å². The van der Waals surface area contributed by atoms with E-state index in [-0.39, 0.29) is 0 Å². The van der Waals surface area contributed by atoms with Gasteiger partial charge in [-0.25, -0.2) is 0 Å². The minimum Gasteiger partial charge on any atom is -0.341 e. The number of fused-ring (bicyclic) bond motifs is 1. The molecule has 3 rings (SSSR count). The Morgan fingerprint density at radius 3 is 2.74 bits per heavy atom. The lowest BCUT2D eigenvalue weighted by Gasteiger charge is -2.06. The highest BCUT2D eigenvalue weighted by Gasteiger charge is 2.13. The van der Waals surface area contributed by atoms with E-state index >= 15 is 0 Å². The van der Waals surface area contributed by atoms with E-state index in [1.54, 1.807) is 0 Å². The van der Waals surface area contributed by atoms with Crippen LogP contribution in [0, 0.1) is 0 Å². The molecule has 3 aromatic rings. The van der Waals surface area contributed by atoms with Crippen LogP contribution < -0.4 is 0 Å². The van der Waals surface area contributed by atoms with Gasteiger partial charge in [-0.1, -0.05) is 36.7 Å². The van der Waals surface area contributed by atoms with Crippen LogP contribution in [0.1, 0.15) is 18.3 Å². The van der Waals surface area contributed by atoms with Gasteiger partial charge < -0.3 is 4.57 Å². The third kappa shape index (κ3) is 2.04. The van der Waals surface area contributed by atoms with Crippen LogP contribution in [0.4, 0.5) is 0 Å². The lowest BCUT2D eigenvalue weighted by atomic mass is 10.2. The summed E-state index contributed by atoms with van der Waals surface area (Å²) in [6.45, 7) is 2.82. The maximum atomic E-state index is 6.40. The van der Waals surface area contributed by atoms with Gasteiger partial charge in [0, 0.05) is 18.8 Å². The maximum Gasteiger partial charge on any atom is 0.0868 e. The molecule has 0 unspecified atom stereocenters. The van der Waals surface area contributed by atoms with Crippen molar-refractivity contribution < 1.29 is 0 Å². The first-order valence-electron chi connectivity index (χ1n) is 6.45. The van der Waals surface area contributed by atoms with Gasteiger partial charge in [-0.2, -0.15) is 5.10 Å². The molecule has 98 valence electrons. The Balaban J connectivity index is 2.04. The van der Waals surface area contributed by atoms with Gasteiger partial charge in [0.05, 0.1) is 23.0 Å². The molecule has 19 heavy (non-hydrogen) atoms. The Kier molecular flexibility index (Phi) is 3.07. The number of halogens is 1. The largest absolute Gasteiger partial charge is 0.341 e. The molecule has 0 aliphatic heterocycles. The monoisotopic (exact) mass is 273 g/mol. The fraction of sp³-hybridized carbons (Fsp3) is 0.267. The Morgan fingerprint density at radius 2 is 2.00 bits per heavy atom. The van der Waals surface area contributed by atoms with Crippen molar-refractivity contribution in [3.8, 4) is 0 Å². The second-order valence-corrected chi connectivity index (χ2v) is 5.06. The molecule has 0 spiro atoms. The second kappa shape index (κ2) is 4.74. The van der Waals surface area contributed by atoms with Crippen molar-refractivity contribution in [2.45, 2.75) is 19.9 Å². The first-order valence-corrected chi connectivity index (χ1v) is 6.82. The molecule has 0 aliphatic rings. The molecule has 0 N–H and O–H groups in total. The van der Waals surface area contributed by atoms with Crippen LogP contribution in [0.25, 0.3) is 10.9 Å². The summed E-state index contributed by atoms with van der Waals surface area (Å²) in [6.07, 6.45) is 2.96. The molecule has 0 fully saturated rings. The zero-order valence-corrected chi connectivity index (χ0v) is 11.9. The molecule has 4 heteroatoms. The van der Waals surface area contributed by atoms with Crippen LogP contribution in [0.15, 0.2) is 36.5 Å². The molecule has 0 saturated heterocycles. The number of rotatable bonds is 3. The zero-order chi connectivity index (χ0) is 13.4. The summed E-state index contributed by atoms with van der Waals surface area (Å²) in [7, 11) is 1.95. The van der Waals surface area contributed by atoms with Gasteiger partial charge in [-0.15, -0.1) is 0 Å². The van der Waals surface area contributed by atoms with Crippen molar-refractivity contribution in [3.63, 3.8) is 0 Å². The van der Waals surface area contributed by atoms with Gasteiger partial charge in [0.2, 0.25) is 0 Å². The molecule has 0 saturated carbocycles. The van der Waals surface area contributed by atoms with Crippen LogP contribution in [0.5, 0.6) is 0 Å². The van der Waals surface area contributed by atoms with Gasteiger partial charge >= 0.3 is 0 Å². The average Bonchev–Trinajstić information content (AvgIpc) is 2.95. The predicted molar refractivity (Wildman–Crippen MR) is 78.6 cm³/mol. The molecule has 0 radical (unpaired) electrons. The Morgan fingerprint density at radius 1 is 1.21 bits per heavy atom. The average molecular weight is 274 g/mol. The van der Waals surface area contributed by atoms with Crippen LogP contribution >= 0.6 is 11.6 Å². The van der Waals surface area contributed by atoms with E-state index in [9.17, 15) is 0 Å². The lowest BCUT2D eigenvalue weighted by Crippen LogP contribution is -2.04. The van der Waals surface area contributed by atoms with Crippen LogP contribution in [-0.4, -0.2) is 14.3 Å². The van der Waals surface area contributed by atoms with E-state index in [4.69, 9.17) is 11.6 Å². The van der Waals surface area contributed by atoms with E-state index in [0.717, 1.165) is 29.4 Å². The highest BCUT2D eigenvalue weighted by atomic mass is 35.5. The van der Waals surface area contributed by atoms with Crippen LogP contribution in [0.2, 0.25) is 5.02 Å². The maximum absolute atomic E-state index is 6.40. The lowest BCUT2D eigenvalue weighted by molar-refractivity contribution is 0.670. The van der Waals surface area contributed by atoms with Gasteiger partial charge in [0.25, 0.3) is 0 Å². The summed E-state index contributed by atoms with van der Waals surface area (Å²) in [5, 5.41) is 6.50. The Labute approximate surface area is 117 Å². The minimum atomic E-state index is 0.746. The topological polar surface area (TPSA) is 22.8 Å². The summed E-state index contributed by atoms with van der Waals surface area (Å²) in [5.41, 5.74) is 3.24. The smallest absolute Gasteiger partial charge is 0.0868 e. The van der Waals surface area contributed by atoms with Gasteiger partial charge in [0.1, 0.15) is 0 Å². The molecule has 2 aromatic heterocycles. The van der Waals surface area contributed by atoms with Gasteiger partial charge in [-0.3, -0.25) is 4.68 Å². The van der Waals surface area contributed by atoms with Crippen LogP contribution in [0.3, 0.4) is 0 Å². The highest BCUT2D eigenvalue weighted by Crippen LogP contribution is 2.23. The Hall–Kier alpha value is -1.74.